The molecule has 0 aliphatic carbocycles. The summed E-state index contributed by atoms with van der Waals surface area (Å²) >= 11 is 0. The Balaban J connectivity index is 1.52. The van der Waals surface area contributed by atoms with Crippen molar-refractivity contribution in [3.63, 3.8) is 0 Å². The van der Waals surface area contributed by atoms with Gasteiger partial charge in [0.1, 0.15) is 11.9 Å². The van der Waals surface area contributed by atoms with Crippen LogP contribution in [0.3, 0.4) is 0 Å². The molecular formula is C18H25N3O4. The number of amides is 1. The Hall–Kier alpha value is -2.15. The van der Waals surface area contributed by atoms with Crippen molar-refractivity contribution >= 4 is 17.7 Å². The van der Waals surface area contributed by atoms with Gasteiger partial charge in [-0.3, -0.25) is 4.79 Å². The number of nitrogens with zero attached hydrogens (tertiary/aromatic N) is 3. The molecule has 3 heterocycles. The molecule has 7 heteroatoms. The smallest absolute Gasteiger partial charge is 0.337 e. The quantitative estimate of drug-likeness (QED) is 0.891. The molecular weight excluding hydrogens is 322 g/mol. The highest BCUT2D eigenvalue weighted by Crippen LogP contribution is 2.33. The monoisotopic (exact) mass is 347 g/mol. The van der Waals surface area contributed by atoms with Gasteiger partial charge in [-0.2, -0.15) is 0 Å². The van der Waals surface area contributed by atoms with Crippen molar-refractivity contribution in [2.45, 2.75) is 37.9 Å². The Morgan fingerprint density at radius 1 is 1.20 bits per heavy atom. The standard InChI is InChI=1S/C18H25N3O4/c1-20(2)17(22)15-5-4-14(25-15)12-7-9-21(10-8-12)16-6-3-13(11-19-16)18(23)24/h3,6,11-12,14-15H,4-5,7-10H2,1-2H3,(H,23,24)/t14-,15+/m0/s1. The minimum absolute atomic E-state index is 0.0580. The van der Waals surface area contributed by atoms with E-state index < -0.39 is 5.97 Å². The number of anilines is 1. The van der Waals surface area contributed by atoms with E-state index in [0.717, 1.165) is 44.6 Å². The summed E-state index contributed by atoms with van der Waals surface area (Å²) in [5.74, 6) is 0.381. The number of ether oxygens (including phenoxy) is 1. The van der Waals surface area contributed by atoms with Crippen LogP contribution in [0.4, 0.5) is 5.82 Å². The number of carbonyl (C=O) groups is 2. The molecule has 1 amide bonds. The topological polar surface area (TPSA) is 83.0 Å². The first-order chi connectivity index (χ1) is 12.0. The molecule has 0 radical (unpaired) electrons. The van der Waals surface area contributed by atoms with Crippen molar-refractivity contribution in [1.82, 2.24) is 9.88 Å². The molecule has 0 aromatic carbocycles. The number of aromatic carboxylic acids is 1. The molecule has 2 aliphatic heterocycles. The van der Waals surface area contributed by atoms with Gasteiger partial charge in [-0.05, 0) is 43.7 Å². The predicted molar refractivity (Wildman–Crippen MR) is 92.7 cm³/mol. The van der Waals surface area contributed by atoms with Crippen LogP contribution in [-0.4, -0.2) is 66.3 Å². The van der Waals surface area contributed by atoms with Crippen LogP contribution in [0.5, 0.6) is 0 Å². The molecule has 0 spiro atoms. The van der Waals surface area contributed by atoms with Crippen LogP contribution < -0.4 is 4.90 Å². The third-order valence-electron chi connectivity index (χ3n) is 5.15. The largest absolute Gasteiger partial charge is 0.478 e. The summed E-state index contributed by atoms with van der Waals surface area (Å²) in [6.45, 7) is 1.74. The SMILES string of the molecule is CN(C)C(=O)[C@H]1CC[C@@H](C2CCN(c3ccc(C(=O)O)cn3)CC2)O1. The molecule has 0 unspecified atom stereocenters. The molecule has 2 fully saturated rings. The van der Waals surface area contributed by atoms with Crippen molar-refractivity contribution < 1.29 is 19.4 Å². The number of carbonyl (C=O) groups excluding carboxylic acids is 1. The molecule has 2 atom stereocenters. The molecule has 25 heavy (non-hydrogen) atoms. The molecule has 0 bridgehead atoms. The summed E-state index contributed by atoms with van der Waals surface area (Å²) in [7, 11) is 3.53. The van der Waals surface area contributed by atoms with E-state index in [9.17, 15) is 9.59 Å². The third-order valence-corrected chi connectivity index (χ3v) is 5.15. The average Bonchev–Trinajstić information content (AvgIpc) is 3.11. The first-order valence-electron chi connectivity index (χ1n) is 8.76. The maximum Gasteiger partial charge on any atom is 0.337 e. The van der Waals surface area contributed by atoms with Crippen LogP contribution in [0.2, 0.25) is 0 Å². The van der Waals surface area contributed by atoms with Gasteiger partial charge in [-0.1, -0.05) is 0 Å². The van der Waals surface area contributed by atoms with Gasteiger partial charge in [-0.15, -0.1) is 0 Å². The van der Waals surface area contributed by atoms with Crippen LogP contribution in [0, 0.1) is 5.92 Å². The maximum atomic E-state index is 12.0. The van der Waals surface area contributed by atoms with Gasteiger partial charge in [0.05, 0.1) is 11.7 Å². The van der Waals surface area contributed by atoms with E-state index in [1.807, 2.05) is 0 Å². The van der Waals surface area contributed by atoms with E-state index in [2.05, 4.69) is 9.88 Å². The zero-order valence-electron chi connectivity index (χ0n) is 14.7. The van der Waals surface area contributed by atoms with Crippen molar-refractivity contribution in [2.24, 2.45) is 5.92 Å². The van der Waals surface area contributed by atoms with E-state index >= 15 is 0 Å². The van der Waals surface area contributed by atoms with Crippen LogP contribution in [0.1, 0.15) is 36.0 Å². The Kier molecular flexibility index (Phi) is 5.22. The van der Waals surface area contributed by atoms with Crippen LogP contribution in [-0.2, 0) is 9.53 Å². The van der Waals surface area contributed by atoms with Gasteiger partial charge in [-0.25, -0.2) is 9.78 Å². The van der Waals surface area contributed by atoms with Gasteiger partial charge in [0.2, 0.25) is 0 Å². The number of rotatable bonds is 4. The Morgan fingerprint density at radius 3 is 2.48 bits per heavy atom. The summed E-state index contributed by atoms with van der Waals surface area (Å²) in [4.78, 5) is 31.0. The zero-order valence-corrected chi connectivity index (χ0v) is 14.7. The van der Waals surface area contributed by atoms with Gasteiger partial charge in [0.25, 0.3) is 5.91 Å². The molecule has 1 aromatic rings. The summed E-state index contributed by atoms with van der Waals surface area (Å²) < 4.78 is 6.02. The van der Waals surface area contributed by atoms with Crippen LogP contribution >= 0.6 is 0 Å². The lowest BCUT2D eigenvalue weighted by molar-refractivity contribution is -0.141. The van der Waals surface area contributed by atoms with Gasteiger partial charge >= 0.3 is 5.97 Å². The Morgan fingerprint density at radius 2 is 1.92 bits per heavy atom. The van der Waals surface area contributed by atoms with Gasteiger partial charge in [0.15, 0.2) is 0 Å². The number of pyridine rings is 1. The molecule has 1 aromatic heterocycles. The summed E-state index contributed by atoms with van der Waals surface area (Å²) in [5.41, 5.74) is 0.203. The van der Waals surface area contributed by atoms with E-state index in [1.54, 1.807) is 31.1 Å². The molecule has 1 N–H and O–H groups in total. The lowest BCUT2D eigenvalue weighted by Gasteiger charge is -2.35. The zero-order chi connectivity index (χ0) is 18.0. The summed E-state index contributed by atoms with van der Waals surface area (Å²) in [5, 5.41) is 8.94. The average molecular weight is 347 g/mol. The fourth-order valence-electron chi connectivity index (χ4n) is 3.68. The molecule has 2 saturated heterocycles. The van der Waals surface area contributed by atoms with Gasteiger partial charge < -0.3 is 19.6 Å². The number of likely N-dealkylation sites (N-methyl/N-ethyl adjacent to an activating group) is 1. The minimum atomic E-state index is -0.960. The van der Waals surface area contributed by atoms with E-state index in [4.69, 9.17) is 9.84 Å². The predicted octanol–water partition coefficient (Wildman–Crippen LogP) is 1.63. The first kappa shape index (κ1) is 17.7. The highest BCUT2D eigenvalue weighted by atomic mass is 16.5. The lowest BCUT2D eigenvalue weighted by Crippen LogP contribution is -2.39. The number of carboxylic acid groups (broad SMARTS) is 1. The molecule has 7 nitrogen and oxygen atoms in total. The molecule has 0 saturated carbocycles. The first-order valence-corrected chi connectivity index (χ1v) is 8.76. The Bertz CT molecular complexity index is 624. The molecule has 3 rings (SSSR count). The minimum Gasteiger partial charge on any atom is -0.478 e. The second-order valence-electron chi connectivity index (χ2n) is 7.01. The van der Waals surface area contributed by atoms with E-state index in [-0.39, 0.29) is 23.7 Å². The highest BCUT2D eigenvalue weighted by molar-refractivity contribution is 5.87. The van der Waals surface area contributed by atoms with Gasteiger partial charge in [0, 0.05) is 33.4 Å². The number of carboxylic acids is 1. The number of hydrogen-bond donors (Lipinski definition) is 1. The van der Waals surface area contributed by atoms with E-state index in [0.29, 0.717) is 5.92 Å². The maximum absolute atomic E-state index is 12.0. The normalized spacial score (nSPS) is 24.3. The van der Waals surface area contributed by atoms with Crippen molar-refractivity contribution in [3.05, 3.63) is 23.9 Å². The van der Waals surface area contributed by atoms with Crippen LogP contribution in [0.15, 0.2) is 18.3 Å². The van der Waals surface area contributed by atoms with Crippen LogP contribution in [0.25, 0.3) is 0 Å². The fraction of sp³-hybridized carbons (Fsp3) is 0.611. The third kappa shape index (κ3) is 3.92. The highest BCUT2D eigenvalue weighted by Gasteiger charge is 2.37. The second-order valence-corrected chi connectivity index (χ2v) is 7.01. The number of aromatic nitrogens is 1. The molecule has 136 valence electrons. The summed E-state index contributed by atoms with van der Waals surface area (Å²) in [6.07, 6.45) is 5.02. The summed E-state index contributed by atoms with van der Waals surface area (Å²) in [6, 6.07) is 3.36. The van der Waals surface area contributed by atoms with Crippen molar-refractivity contribution in [3.8, 4) is 0 Å². The lowest BCUT2D eigenvalue weighted by atomic mass is 9.89. The fourth-order valence-corrected chi connectivity index (χ4v) is 3.68. The van der Waals surface area contributed by atoms with Crippen molar-refractivity contribution in [2.75, 3.05) is 32.1 Å². The Labute approximate surface area is 147 Å². The number of hydrogen-bond acceptors (Lipinski definition) is 5. The van der Waals surface area contributed by atoms with Crippen molar-refractivity contribution in [1.29, 1.82) is 0 Å². The molecule has 2 aliphatic rings. The van der Waals surface area contributed by atoms with E-state index in [1.165, 1.54) is 6.20 Å². The number of piperidine rings is 1. The second kappa shape index (κ2) is 7.39.